The molecule has 1 amide bonds. The molecule has 15 heteroatoms. The van der Waals surface area contributed by atoms with Crippen LogP contribution in [-0.2, 0) is 22.8 Å². The van der Waals surface area contributed by atoms with Gasteiger partial charge in [0.25, 0.3) is 0 Å². The molecule has 0 unspecified atom stereocenters. The predicted octanol–water partition coefficient (Wildman–Crippen LogP) is 9.44. The minimum Gasteiger partial charge on any atom is -0.449 e. The van der Waals surface area contributed by atoms with Crippen molar-refractivity contribution in [3.8, 4) is 0 Å². The highest BCUT2D eigenvalue weighted by Gasteiger charge is 2.55. The fourth-order valence-electron chi connectivity index (χ4n) is 4.77. The lowest BCUT2D eigenvalue weighted by molar-refractivity contribution is -0.0470. The minimum atomic E-state index is -2.35. The predicted molar refractivity (Wildman–Crippen MR) is 214 cm³/mol. The van der Waals surface area contributed by atoms with Crippen LogP contribution in [0.5, 0.6) is 0 Å². The highest BCUT2D eigenvalue weighted by molar-refractivity contribution is 6.76. The van der Waals surface area contributed by atoms with E-state index in [0.29, 0.717) is 30.2 Å². The molecule has 0 N–H and O–H groups in total. The molecule has 0 bridgehead atoms. The molecular weight excluding hydrogens is 699 g/mol. The van der Waals surface area contributed by atoms with Crippen LogP contribution in [-0.4, -0.2) is 97.2 Å². The van der Waals surface area contributed by atoms with Gasteiger partial charge in [0.15, 0.2) is 48.2 Å². The number of aromatic nitrogens is 4. The van der Waals surface area contributed by atoms with Gasteiger partial charge in [0.1, 0.15) is 24.6 Å². The molecule has 50 heavy (non-hydrogen) atoms. The van der Waals surface area contributed by atoms with Crippen LogP contribution in [0.4, 0.5) is 10.6 Å². The molecule has 0 saturated carbocycles. The third kappa shape index (κ3) is 9.74. The summed E-state index contributed by atoms with van der Waals surface area (Å²) in [4.78, 5) is 28.4. The van der Waals surface area contributed by atoms with Gasteiger partial charge in [-0.1, -0.05) is 82.0 Å². The third-order valence-corrected chi connectivity index (χ3v) is 26.6. The number of fused-ring (bicyclic) bond motifs is 1. The summed E-state index contributed by atoms with van der Waals surface area (Å²) >= 11 is 0. The van der Waals surface area contributed by atoms with Crippen molar-refractivity contribution in [3.05, 3.63) is 12.7 Å². The van der Waals surface area contributed by atoms with Gasteiger partial charge in [-0.15, -0.1) is 0 Å². The fourth-order valence-corrected chi connectivity index (χ4v) is 9.11. The van der Waals surface area contributed by atoms with Gasteiger partial charge in [0.05, 0.1) is 19.5 Å². The largest absolute Gasteiger partial charge is 0.449 e. The first kappa shape index (κ1) is 42.9. The molecule has 286 valence electrons. The molecule has 11 nitrogen and oxygen atoms in total. The standard InChI is InChI=1S/C35H69N5O6Si4/c1-33(2,3)48(14,15)43-22-25-27(45-49(16,17)34(4,5)6)28(46-50(18,19)35(7,8)9)31(44-25)40-24-38-26-29(36-23-37-30(26)40)39(10)32(41)42-20-21-47(11,12)13/h23-25,27-28,31H,20-22H2,1-19H3/t25-,27-,28-,31-/m1/s1. The number of nitrogens with zero attached hydrogens (tertiary/aromatic N) is 5. The van der Waals surface area contributed by atoms with Gasteiger partial charge in [0, 0.05) is 15.1 Å². The molecule has 0 aliphatic carbocycles. The fraction of sp³-hybridized carbons (Fsp3) is 0.829. The molecule has 1 fully saturated rings. The van der Waals surface area contributed by atoms with E-state index in [0.717, 1.165) is 6.04 Å². The van der Waals surface area contributed by atoms with Gasteiger partial charge in [0.2, 0.25) is 0 Å². The van der Waals surface area contributed by atoms with Gasteiger partial charge in [-0.25, -0.2) is 19.7 Å². The van der Waals surface area contributed by atoms with E-state index in [1.807, 2.05) is 4.57 Å². The Kier molecular flexibility index (Phi) is 12.7. The lowest BCUT2D eigenvalue weighted by Gasteiger charge is -2.44. The van der Waals surface area contributed by atoms with E-state index < -0.39 is 51.5 Å². The molecule has 2 aromatic rings. The number of hydrogen-bond acceptors (Lipinski definition) is 9. The average molecular weight is 768 g/mol. The minimum absolute atomic E-state index is 0.0322. The van der Waals surface area contributed by atoms with E-state index in [1.165, 1.54) is 11.2 Å². The summed E-state index contributed by atoms with van der Waals surface area (Å²) in [6.07, 6.45) is 0.873. The second-order valence-electron chi connectivity index (χ2n) is 19.8. The zero-order chi connectivity index (χ0) is 38.5. The number of ether oxygens (including phenoxy) is 2. The summed E-state index contributed by atoms with van der Waals surface area (Å²) in [5, 5.41) is -0.0528. The Morgan fingerprint density at radius 3 is 1.82 bits per heavy atom. The maximum Gasteiger partial charge on any atom is 0.415 e. The molecule has 1 saturated heterocycles. The Bertz CT molecular complexity index is 1470. The highest BCUT2D eigenvalue weighted by atomic mass is 28.4. The monoisotopic (exact) mass is 767 g/mol. The van der Waals surface area contributed by atoms with Crippen molar-refractivity contribution >= 4 is 56.1 Å². The van der Waals surface area contributed by atoms with Gasteiger partial charge >= 0.3 is 6.09 Å². The summed E-state index contributed by atoms with van der Waals surface area (Å²) in [7, 11) is -6.50. The van der Waals surface area contributed by atoms with Crippen LogP contribution in [0.2, 0.25) is 80.1 Å². The lowest BCUT2D eigenvalue weighted by Crippen LogP contribution is -2.54. The highest BCUT2D eigenvalue weighted by Crippen LogP contribution is 2.47. The Hall–Kier alpha value is -1.47. The maximum absolute atomic E-state index is 13.1. The molecular formula is C35H69N5O6Si4. The number of amides is 1. The van der Waals surface area contributed by atoms with Crippen molar-refractivity contribution in [2.24, 2.45) is 0 Å². The Labute approximate surface area is 307 Å². The van der Waals surface area contributed by atoms with Crippen LogP contribution in [0, 0.1) is 0 Å². The van der Waals surface area contributed by atoms with E-state index in [2.05, 4.69) is 131 Å². The first-order valence-corrected chi connectivity index (χ1v) is 30.6. The zero-order valence-corrected chi connectivity index (χ0v) is 38.8. The van der Waals surface area contributed by atoms with Crippen LogP contribution in [0.3, 0.4) is 0 Å². The van der Waals surface area contributed by atoms with Gasteiger partial charge in [-0.3, -0.25) is 9.47 Å². The van der Waals surface area contributed by atoms with Crippen LogP contribution in [0.15, 0.2) is 12.7 Å². The van der Waals surface area contributed by atoms with Crippen LogP contribution in [0.1, 0.15) is 68.5 Å². The number of hydrogen-bond donors (Lipinski definition) is 0. The smallest absolute Gasteiger partial charge is 0.415 e. The number of carbonyl (C=O) groups excluding carboxylic acids is 1. The molecule has 0 spiro atoms. The van der Waals surface area contributed by atoms with Crippen molar-refractivity contribution in [1.82, 2.24) is 19.5 Å². The van der Waals surface area contributed by atoms with Crippen molar-refractivity contribution in [2.75, 3.05) is 25.2 Å². The van der Waals surface area contributed by atoms with E-state index in [9.17, 15) is 4.79 Å². The molecule has 2 aromatic heterocycles. The summed E-state index contributed by atoms with van der Waals surface area (Å²) in [5.41, 5.74) is 1.03. The molecule has 0 radical (unpaired) electrons. The average Bonchev–Trinajstić information content (AvgIpc) is 3.49. The molecule has 4 atom stereocenters. The molecule has 0 aromatic carbocycles. The summed E-state index contributed by atoms with van der Waals surface area (Å²) in [6.45, 7) is 41.4. The molecule has 3 rings (SSSR count). The van der Waals surface area contributed by atoms with Crippen LogP contribution in [0.25, 0.3) is 11.2 Å². The quantitative estimate of drug-likeness (QED) is 0.195. The molecule has 1 aliphatic rings. The van der Waals surface area contributed by atoms with Crippen LogP contribution < -0.4 is 4.90 Å². The summed E-state index contributed by atoms with van der Waals surface area (Å²) in [6, 6.07) is 0.882. The Morgan fingerprint density at radius 2 is 1.32 bits per heavy atom. The number of imidazole rings is 1. The van der Waals surface area contributed by atoms with Crippen molar-refractivity contribution in [1.29, 1.82) is 0 Å². The Balaban J connectivity index is 2.14. The van der Waals surface area contributed by atoms with Crippen molar-refractivity contribution in [2.45, 2.75) is 167 Å². The van der Waals surface area contributed by atoms with Crippen molar-refractivity contribution < 1.29 is 27.5 Å². The SMILES string of the molecule is CN(C(=O)OCC[Si](C)(C)C)c1ncnc2c1ncn2[C@@H]1O[C@H](CO[Si](C)(C)C(C)(C)C)[C@@H](O[Si](C)(C)C(C)(C)C)[C@H]1O[Si](C)(C)C(C)(C)C. The normalized spacial score (nSPS) is 21.6. The zero-order valence-electron chi connectivity index (χ0n) is 34.8. The number of carbonyl (C=O) groups is 1. The second kappa shape index (κ2) is 14.7. The van der Waals surface area contributed by atoms with E-state index in [4.69, 9.17) is 27.7 Å². The van der Waals surface area contributed by atoms with Gasteiger partial charge in [-0.05, 0) is 60.4 Å². The third-order valence-electron chi connectivity index (χ3n) is 11.5. The number of rotatable bonds is 12. The Morgan fingerprint density at radius 1 is 0.800 bits per heavy atom. The maximum atomic E-state index is 13.1. The van der Waals surface area contributed by atoms with Crippen LogP contribution >= 0.6 is 0 Å². The molecule has 3 heterocycles. The van der Waals surface area contributed by atoms with E-state index >= 15 is 0 Å². The van der Waals surface area contributed by atoms with E-state index in [1.54, 1.807) is 13.4 Å². The first-order valence-electron chi connectivity index (χ1n) is 18.1. The lowest BCUT2D eigenvalue weighted by atomic mass is 10.1. The van der Waals surface area contributed by atoms with Crippen molar-refractivity contribution in [3.63, 3.8) is 0 Å². The first-order chi connectivity index (χ1) is 22.4. The topological polar surface area (TPSA) is 110 Å². The second-order valence-corrected chi connectivity index (χ2v) is 39.8. The summed E-state index contributed by atoms with van der Waals surface area (Å²) in [5.74, 6) is 0.374. The van der Waals surface area contributed by atoms with Gasteiger partial charge < -0.3 is 22.8 Å². The van der Waals surface area contributed by atoms with Gasteiger partial charge in [-0.2, -0.15) is 0 Å². The number of anilines is 1. The molecule has 1 aliphatic heterocycles. The van der Waals surface area contributed by atoms with E-state index in [-0.39, 0.29) is 27.3 Å². The summed E-state index contributed by atoms with van der Waals surface area (Å²) < 4.78 is 36.1.